The third-order valence-electron chi connectivity index (χ3n) is 3.74. The summed E-state index contributed by atoms with van der Waals surface area (Å²) < 4.78 is 3.87. The van der Waals surface area contributed by atoms with Crippen molar-refractivity contribution in [3.63, 3.8) is 0 Å². The number of rotatable bonds is 6. The third kappa shape index (κ3) is 3.48. The second kappa shape index (κ2) is 6.75. The van der Waals surface area contributed by atoms with Gasteiger partial charge in [0.1, 0.15) is 6.33 Å². The second-order valence-corrected chi connectivity index (χ2v) is 5.92. The summed E-state index contributed by atoms with van der Waals surface area (Å²) in [4.78, 5) is 0. The van der Waals surface area contributed by atoms with Gasteiger partial charge in [-0.3, -0.25) is 9.25 Å². The van der Waals surface area contributed by atoms with Crippen molar-refractivity contribution in [3.05, 3.63) is 59.9 Å². The molecule has 0 saturated heterocycles. The molecule has 3 rings (SSSR count). The fraction of sp³-hybridized carbons (Fsp3) is 0.353. The lowest BCUT2D eigenvalue weighted by atomic mass is 10.1. The van der Waals surface area contributed by atoms with Gasteiger partial charge in [0, 0.05) is 31.0 Å². The summed E-state index contributed by atoms with van der Waals surface area (Å²) in [6.07, 6.45) is 3.82. The topological polar surface area (TPSA) is 60.6 Å². The highest BCUT2D eigenvalue weighted by Gasteiger charge is 2.12. The highest BCUT2D eigenvalue weighted by Crippen LogP contribution is 2.17. The maximum absolute atomic E-state index is 4.53. The summed E-state index contributed by atoms with van der Waals surface area (Å²) in [5.41, 5.74) is 3.44. The van der Waals surface area contributed by atoms with Crippen LogP contribution in [0.5, 0.6) is 0 Å². The van der Waals surface area contributed by atoms with Gasteiger partial charge in [-0.2, -0.15) is 5.10 Å². The van der Waals surface area contributed by atoms with Gasteiger partial charge in [-0.05, 0) is 18.1 Å². The zero-order chi connectivity index (χ0) is 16.2. The molecule has 0 fully saturated rings. The molecule has 1 N–H and O–H groups in total. The summed E-state index contributed by atoms with van der Waals surface area (Å²) in [6.45, 7) is 5.75. The molecule has 23 heavy (non-hydrogen) atoms. The van der Waals surface area contributed by atoms with Crippen LogP contribution in [0.2, 0.25) is 0 Å². The van der Waals surface area contributed by atoms with Crippen molar-refractivity contribution in [1.82, 2.24) is 29.9 Å². The molecule has 0 unspecified atom stereocenters. The Bertz CT molecular complexity index is 756. The van der Waals surface area contributed by atoms with Crippen molar-refractivity contribution in [2.75, 3.05) is 0 Å². The van der Waals surface area contributed by atoms with E-state index in [9.17, 15) is 0 Å². The van der Waals surface area contributed by atoms with Gasteiger partial charge in [0.2, 0.25) is 0 Å². The van der Waals surface area contributed by atoms with Crippen LogP contribution >= 0.6 is 0 Å². The molecule has 2 heterocycles. The quantitative estimate of drug-likeness (QED) is 0.759. The van der Waals surface area contributed by atoms with Crippen LogP contribution in [0, 0.1) is 0 Å². The lowest BCUT2D eigenvalue weighted by Gasteiger charge is -2.08. The zero-order valence-electron chi connectivity index (χ0n) is 13.8. The molecule has 0 aliphatic carbocycles. The van der Waals surface area contributed by atoms with E-state index in [1.54, 1.807) is 6.33 Å². The molecule has 0 bridgehead atoms. The van der Waals surface area contributed by atoms with E-state index in [-0.39, 0.29) is 0 Å². The van der Waals surface area contributed by atoms with E-state index in [0.29, 0.717) is 12.5 Å². The Morgan fingerprint density at radius 2 is 1.91 bits per heavy atom. The zero-order valence-corrected chi connectivity index (χ0v) is 13.8. The molecule has 3 aromatic rings. The highest BCUT2D eigenvalue weighted by molar-refractivity contribution is 5.32. The summed E-state index contributed by atoms with van der Waals surface area (Å²) in [6, 6.07) is 10.1. The Labute approximate surface area is 136 Å². The standard InChI is InChI=1S/C17H22N6/c1-13(2)17-14(11-22(3)21-17)9-18-10-16-20-19-12-23(16)15-7-5-4-6-8-15/h4-8,11-13,18H,9-10H2,1-3H3. The molecule has 0 spiro atoms. The normalized spacial score (nSPS) is 11.3. The molecule has 0 aliphatic heterocycles. The van der Waals surface area contributed by atoms with Crippen molar-refractivity contribution < 1.29 is 0 Å². The molecule has 0 amide bonds. The van der Waals surface area contributed by atoms with Crippen LogP contribution < -0.4 is 5.32 Å². The van der Waals surface area contributed by atoms with Gasteiger partial charge in [-0.25, -0.2) is 0 Å². The average molecular weight is 310 g/mol. The first-order valence-electron chi connectivity index (χ1n) is 7.82. The van der Waals surface area contributed by atoms with Crippen LogP contribution in [0.4, 0.5) is 0 Å². The van der Waals surface area contributed by atoms with Gasteiger partial charge in [-0.1, -0.05) is 32.0 Å². The number of aromatic nitrogens is 5. The molecule has 120 valence electrons. The number of nitrogens with one attached hydrogen (secondary N) is 1. The van der Waals surface area contributed by atoms with Crippen molar-refractivity contribution in [1.29, 1.82) is 0 Å². The van der Waals surface area contributed by atoms with Gasteiger partial charge in [0.05, 0.1) is 12.2 Å². The van der Waals surface area contributed by atoms with E-state index < -0.39 is 0 Å². The van der Waals surface area contributed by atoms with E-state index in [1.165, 1.54) is 5.56 Å². The summed E-state index contributed by atoms with van der Waals surface area (Å²) >= 11 is 0. The lowest BCUT2D eigenvalue weighted by molar-refractivity contribution is 0.643. The molecule has 0 radical (unpaired) electrons. The SMILES string of the molecule is CC(C)c1nn(C)cc1CNCc1nncn1-c1ccccc1. The number of nitrogens with zero attached hydrogens (tertiary/aromatic N) is 5. The van der Waals surface area contributed by atoms with Crippen LogP contribution in [0.1, 0.15) is 36.8 Å². The smallest absolute Gasteiger partial charge is 0.151 e. The van der Waals surface area contributed by atoms with Crippen molar-refractivity contribution >= 4 is 0 Å². The molecule has 2 aromatic heterocycles. The first-order valence-corrected chi connectivity index (χ1v) is 7.82. The average Bonchev–Trinajstić information content (AvgIpc) is 3.15. The van der Waals surface area contributed by atoms with Crippen LogP contribution in [-0.2, 0) is 20.1 Å². The maximum atomic E-state index is 4.53. The predicted molar refractivity (Wildman–Crippen MR) is 89.2 cm³/mol. The molecule has 0 aliphatic rings. The van der Waals surface area contributed by atoms with Crippen molar-refractivity contribution in [2.24, 2.45) is 7.05 Å². The molecule has 1 aromatic carbocycles. The minimum atomic E-state index is 0.418. The van der Waals surface area contributed by atoms with Gasteiger partial charge in [0.15, 0.2) is 5.82 Å². The van der Waals surface area contributed by atoms with Crippen molar-refractivity contribution in [2.45, 2.75) is 32.9 Å². The first-order chi connectivity index (χ1) is 11.1. The van der Waals surface area contributed by atoms with E-state index in [4.69, 9.17) is 0 Å². The van der Waals surface area contributed by atoms with Gasteiger partial charge in [-0.15, -0.1) is 10.2 Å². The van der Waals surface area contributed by atoms with Crippen LogP contribution in [0.3, 0.4) is 0 Å². The van der Waals surface area contributed by atoms with Gasteiger partial charge < -0.3 is 5.32 Å². The molecule has 0 atom stereocenters. The van der Waals surface area contributed by atoms with Gasteiger partial charge >= 0.3 is 0 Å². The Hall–Kier alpha value is -2.47. The Morgan fingerprint density at radius 1 is 1.13 bits per heavy atom. The first kappa shape index (κ1) is 15.4. The Balaban J connectivity index is 1.68. The maximum Gasteiger partial charge on any atom is 0.151 e. The minimum absolute atomic E-state index is 0.418. The molecular weight excluding hydrogens is 288 g/mol. The van der Waals surface area contributed by atoms with E-state index in [1.807, 2.05) is 46.6 Å². The second-order valence-electron chi connectivity index (χ2n) is 5.92. The van der Waals surface area contributed by atoms with Crippen LogP contribution in [0.15, 0.2) is 42.9 Å². The minimum Gasteiger partial charge on any atom is -0.306 e. The molecular formula is C17H22N6. The fourth-order valence-corrected chi connectivity index (χ4v) is 2.67. The van der Waals surface area contributed by atoms with Gasteiger partial charge in [0.25, 0.3) is 0 Å². The van der Waals surface area contributed by atoms with Crippen LogP contribution in [-0.4, -0.2) is 24.5 Å². The lowest BCUT2D eigenvalue weighted by Crippen LogP contribution is -2.17. The molecule has 6 heteroatoms. The fourth-order valence-electron chi connectivity index (χ4n) is 2.67. The number of benzene rings is 1. The van der Waals surface area contributed by atoms with Crippen molar-refractivity contribution in [3.8, 4) is 5.69 Å². The Morgan fingerprint density at radius 3 is 2.65 bits per heavy atom. The monoisotopic (exact) mass is 310 g/mol. The summed E-state index contributed by atoms with van der Waals surface area (Å²) in [5, 5.41) is 16.2. The number of para-hydroxylation sites is 1. The third-order valence-corrected chi connectivity index (χ3v) is 3.74. The predicted octanol–water partition coefficient (Wildman–Crippen LogP) is 2.41. The summed E-state index contributed by atoms with van der Waals surface area (Å²) in [5.74, 6) is 1.31. The van der Waals surface area contributed by atoms with E-state index in [0.717, 1.165) is 23.8 Å². The largest absolute Gasteiger partial charge is 0.306 e. The number of hydrogen-bond donors (Lipinski definition) is 1. The number of aryl methyl sites for hydroxylation is 1. The van der Waals surface area contributed by atoms with E-state index in [2.05, 4.69) is 40.7 Å². The number of hydrogen-bond acceptors (Lipinski definition) is 4. The Kier molecular flexibility index (Phi) is 4.52. The highest BCUT2D eigenvalue weighted by atomic mass is 15.3. The van der Waals surface area contributed by atoms with E-state index >= 15 is 0 Å². The summed E-state index contributed by atoms with van der Waals surface area (Å²) in [7, 11) is 1.96. The van der Waals surface area contributed by atoms with Crippen LogP contribution in [0.25, 0.3) is 5.69 Å². The molecule has 0 saturated carbocycles. The molecule has 6 nitrogen and oxygen atoms in total.